The maximum atomic E-state index is 12.9. The SMILES string of the molecule is CC(C)CCCNC(=O)Nc1ccc(F)cc1C#N. The Labute approximate surface area is 112 Å². The van der Waals surface area contributed by atoms with E-state index in [9.17, 15) is 9.18 Å². The minimum absolute atomic E-state index is 0.109. The molecule has 0 unspecified atom stereocenters. The minimum Gasteiger partial charge on any atom is -0.338 e. The van der Waals surface area contributed by atoms with Gasteiger partial charge >= 0.3 is 6.03 Å². The molecule has 1 rings (SSSR count). The van der Waals surface area contributed by atoms with Crippen LogP contribution in [0.3, 0.4) is 0 Å². The van der Waals surface area contributed by atoms with Crippen molar-refractivity contribution in [2.75, 3.05) is 11.9 Å². The highest BCUT2D eigenvalue weighted by Gasteiger charge is 2.07. The second-order valence-corrected chi connectivity index (χ2v) is 4.72. The lowest BCUT2D eigenvalue weighted by atomic mass is 10.1. The lowest BCUT2D eigenvalue weighted by molar-refractivity contribution is 0.251. The first-order valence-corrected chi connectivity index (χ1v) is 6.27. The third-order valence-electron chi connectivity index (χ3n) is 2.59. The molecule has 2 amide bonds. The summed E-state index contributed by atoms with van der Waals surface area (Å²) >= 11 is 0. The smallest absolute Gasteiger partial charge is 0.319 e. The van der Waals surface area contributed by atoms with Crippen LogP contribution in [0.25, 0.3) is 0 Å². The van der Waals surface area contributed by atoms with E-state index in [0.29, 0.717) is 18.2 Å². The van der Waals surface area contributed by atoms with E-state index < -0.39 is 5.82 Å². The first-order valence-electron chi connectivity index (χ1n) is 6.27. The summed E-state index contributed by atoms with van der Waals surface area (Å²) in [6.07, 6.45) is 1.94. The number of carbonyl (C=O) groups is 1. The van der Waals surface area contributed by atoms with Crippen LogP contribution in [-0.2, 0) is 0 Å². The van der Waals surface area contributed by atoms with Crippen molar-refractivity contribution in [2.45, 2.75) is 26.7 Å². The third kappa shape index (κ3) is 5.38. The van der Waals surface area contributed by atoms with Gasteiger partial charge in [-0.2, -0.15) is 5.26 Å². The highest BCUT2D eigenvalue weighted by Crippen LogP contribution is 2.15. The van der Waals surface area contributed by atoms with Crippen molar-refractivity contribution in [3.63, 3.8) is 0 Å². The van der Waals surface area contributed by atoms with Gasteiger partial charge in [0, 0.05) is 6.54 Å². The standard InChI is InChI=1S/C14H18FN3O/c1-10(2)4-3-7-17-14(19)18-13-6-5-12(15)8-11(13)9-16/h5-6,8,10H,3-4,7H2,1-2H3,(H2,17,18,19). The summed E-state index contributed by atoms with van der Waals surface area (Å²) in [6.45, 7) is 4.82. The van der Waals surface area contributed by atoms with E-state index >= 15 is 0 Å². The molecule has 5 heteroatoms. The molecule has 0 aliphatic heterocycles. The highest BCUT2D eigenvalue weighted by molar-refractivity contribution is 5.90. The van der Waals surface area contributed by atoms with Crippen LogP contribution in [0, 0.1) is 23.1 Å². The molecule has 0 aromatic heterocycles. The van der Waals surface area contributed by atoms with Gasteiger partial charge in [-0.25, -0.2) is 9.18 Å². The Kier molecular flexibility index (Phi) is 5.80. The number of nitrogens with one attached hydrogen (secondary N) is 2. The highest BCUT2D eigenvalue weighted by atomic mass is 19.1. The first-order chi connectivity index (χ1) is 9.02. The summed E-state index contributed by atoms with van der Waals surface area (Å²) in [4.78, 5) is 11.6. The summed E-state index contributed by atoms with van der Waals surface area (Å²) in [5.41, 5.74) is 0.419. The van der Waals surface area contributed by atoms with Crippen LogP contribution in [0.15, 0.2) is 18.2 Å². The molecule has 19 heavy (non-hydrogen) atoms. The maximum Gasteiger partial charge on any atom is 0.319 e. The van der Waals surface area contributed by atoms with E-state index in [1.165, 1.54) is 12.1 Å². The topological polar surface area (TPSA) is 64.9 Å². The largest absolute Gasteiger partial charge is 0.338 e. The van der Waals surface area contributed by atoms with Crippen LogP contribution in [0.1, 0.15) is 32.3 Å². The Hall–Kier alpha value is -2.09. The quantitative estimate of drug-likeness (QED) is 0.801. The number of halogens is 1. The summed E-state index contributed by atoms with van der Waals surface area (Å²) in [7, 11) is 0. The molecule has 0 bridgehead atoms. The van der Waals surface area contributed by atoms with Gasteiger partial charge in [0.05, 0.1) is 11.3 Å². The van der Waals surface area contributed by atoms with Crippen molar-refractivity contribution in [1.29, 1.82) is 5.26 Å². The molecule has 0 saturated heterocycles. The molecular formula is C14H18FN3O. The summed E-state index contributed by atoms with van der Waals surface area (Å²) in [5.74, 6) is 0.103. The number of amides is 2. The molecule has 0 heterocycles. The van der Waals surface area contributed by atoms with Crippen LogP contribution in [0.5, 0.6) is 0 Å². The van der Waals surface area contributed by atoms with Crippen LogP contribution in [0.4, 0.5) is 14.9 Å². The summed E-state index contributed by atoms with van der Waals surface area (Å²) < 4.78 is 12.9. The number of benzene rings is 1. The van der Waals surface area contributed by atoms with Crippen molar-refractivity contribution >= 4 is 11.7 Å². The average molecular weight is 263 g/mol. The van der Waals surface area contributed by atoms with Gasteiger partial charge in [0.25, 0.3) is 0 Å². The van der Waals surface area contributed by atoms with E-state index in [0.717, 1.165) is 18.9 Å². The number of hydrogen-bond acceptors (Lipinski definition) is 2. The predicted molar refractivity (Wildman–Crippen MR) is 72.2 cm³/mol. The van der Waals surface area contributed by atoms with Gasteiger partial charge in [-0.15, -0.1) is 0 Å². The van der Waals surface area contributed by atoms with E-state index in [2.05, 4.69) is 24.5 Å². The van der Waals surface area contributed by atoms with Crippen molar-refractivity contribution < 1.29 is 9.18 Å². The minimum atomic E-state index is -0.501. The lowest BCUT2D eigenvalue weighted by Gasteiger charge is -2.09. The van der Waals surface area contributed by atoms with Gasteiger partial charge in [-0.05, 0) is 37.0 Å². The number of urea groups is 1. The monoisotopic (exact) mass is 263 g/mol. The fourth-order valence-corrected chi connectivity index (χ4v) is 1.60. The Balaban J connectivity index is 2.47. The number of anilines is 1. The average Bonchev–Trinajstić information content (AvgIpc) is 2.36. The van der Waals surface area contributed by atoms with Crippen LogP contribution < -0.4 is 10.6 Å². The molecule has 4 nitrogen and oxygen atoms in total. The van der Waals surface area contributed by atoms with Gasteiger partial charge < -0.3 is 10.6 Å². The molecule has 1 aromatic carbocycles. The number of nitrogens with zero attached hydrogens (tertiary/aromatic N) is 1. The number of carbonyl (C=O) groups excluding carboxylic acids is 1. The van der Waals surface area contributed by atoms with Gasteiger partial charge in [0.15, 0.2) is 0 Å². The zero-order valence-corrected chi connectivity index (χ0v) is 11.2. The van der Waals surface area contributed by atoms with Crippen LogP contribution in [-0.4, -0.2) is 12.6 Å². The number of nitriles is 1. The Morgan fingerprint density at radius 1 is 1.47 bits per heavy atom. The normalized spacial score (nSPS) is 10.1. The van der Waals surface area contributed by atoms with E-state index in [4.69, 9.17) is 5.26 Å². The second-order valence-electron chi connectivity index (χ2n) is 4.72. The van der Waals surface area contributed by atoms with Crippen molar-refractivity contribution in [3.05, 3.63) is 29.6 Å². The van der Waals surface area contributed by atoms with Crippen LogP contribution >= 0.6 is 0 Å². The predicted octanol–water partition coefficient (Wildman–Crippen LogP) is 3.26. The van der Waals surface area contributed by atoms with Crippen LogP contribution in [0.2, 0.25) is 0 Å². The fourth-order valence-electron chi connectivity index (χ4n) is 1.60. The molecule has 102 valence electrons. The molecule has 0 radical (unpaired) electrons. The Bertz CT molecular complexity index is 480. The molecule has 0 atom stereocenters. The summed E-state index contributed by atoms with van der Waals surface area (Å²) in [5, 5.41) is 14.1. The first kappa shape index (κ1) is 15.0. The second kappa shape index (κ2) is 7.37. The van der Waals surface area contributed by atoms with Gasteiger partial charge in [-0.3, -0.25) is 0 Å². The number of rotatable bonds is 5. The van der Waals surface area contributed by atoms with Gasteiger partial charge in [-0.1, -0.05) is 13.8 Å². The van der Waals surface area contributed by atoms with Crippen molar-refractivity contribution in [1.82, 2.24) is 5.32 Å². The van der Waals surface area contributed by atoms with Crippen molar-refractivity contribution in [3.8, 4) is 6.07 Å². The summed E-state index contributed by atoms with van der Waals surface area (Å²) in [6, 6.07) is 5.13. The molecular weight excluding hydrogens is 245 g/mol. The third-order valence-corrected chi connectivity index (χ3v) is 2.59. The van der Waals surface area contributed by atoms with Gasteiger partial charge in [0.2, 0.25) is 0 Å². The molecule has 0 aliphatic rings. The fraction of sp³-hybridized carbons (Fsp3) is 0.429. The lowest BCUT2D eigenvalue weighted by Crippen LogP contribution is -2.30. The van der Waals surface area contributed by atoms with E-state index in [1.54, 1.807) is 0 Å². The molecule has 2 N–H and O–H groups in total. The molecule has 0 saturated carbocycles. The molecule has 1 aromatic rings. The zero-order chi connectivity index (χ0) is 14.3. The maximum absolute atomic E-state index is 12.9. The van der Waals surface area contributed by atoms with E-state index in [1.807, 2.05) is 6.07 Å². The Morgan fingerprint density at radius 3 is 2.84 bits per heavy atom. The molecule has 0 spiro atoms. The zero-order valence-electron chi connectivity index (χ0n) is 11.2. The Morgan fingerprint density at radius 2 is 2.21 bits per heavy atom. The van der Waals surface area contributed by atoms with Gasteiger partial charge in [0.1, 0.15) is 11.9 Å². The number of hydrogen-bond donors (Lipinski definition) is 2. The van der Waals surface area contributed by atoms with E-state index in [-0.39, 0.29) is 11.6 Å². The van der Waals surface area contributed by atoms with Crippen molar-refractivity contribution in [2.24, 2.45) is 5.92 Å². The molecule has 0 aliphatic carbocycles. The molecule has 0 fully saturated rings.